The molecular weight excluding hydrogens is 336 g/mol. The van der Waals surface area contributed by atoms with Crippen LogP contribution in [0.15, 0.2) is 47.5 Å². The molecule has 4 rings (SSSR count). The second-order valence-electron chi connectivity index (χ2n) is 7.80. The van der Waals surface area contributed by atoms with Crippen LogP contribution in [0.3, 0.4) is 0 Å². The molecule has 2 aromatic carbocycles. The van der Waals surface area contributed by atoms with Gasteiger partial charge in [0.2, 0.25) is 5.91 Å². The zero-order valence-corrected chi connectivity index (χ0v) is 15.6. The maximum absolute atomic E-state index is 13.2. The summed E-state index contributed by atoms with van der Waals surface area (Å²) in [7, 11) is 0. The van der Waals surface area contributed by atoms with Crippen molar-refractivity contribution in [2.75, 3.05) is 0 Å². The van der Waals surface area contributed by atoms with Crippen molar-refractivity contribution in [2.45, 2.75) is 57.0 Å². The minimum atomic E-state index is -0.407. The number of carbonyl (C=O) groups excluding carboxylic acids is 2. The van der Waals surface area contributed by atoms with Crippen LogP contribution < -0.4 is 0 Å². The van der Waals surface area contributed by atoms with Crippen LogP contribution in [0, 0.1) is 5.92 Å². The highest BCUT2D eigenvalue weighted by Crippen LogP contribution is 2.40. The lowest BCUT2D eigenvalue weighted by Gasteiger charge is -2.33. The molecule has 4 nitrogen and oxygen atoms in total. The molecule has 0 unspecified atom stereocenters. The number of amides is 2. The molecule has 1 heterocycles. The molecule has 2 aliphatic rings. The second-order valence-corrected chi connectivity index (χ2v) is 7.80. The maximum Gasteiger partial charge on any atom is 0.267 e. The van der Waals surface area contributed by atoms with Crippen LogP contribution in [0.4, 0.5) is 0 Å². The second kappa shape index (κ2) is 7.63. The number of nitrogens with zero attached hydrogens (tertiary/aromatic N) is 2. The van der Waals surface area contributed by atoms with E-state index in [0.29, 0.717) is 18.8 Å². The SMILES string of the molecule is C=NC(=O)[C@@H]1C[C@@H]2CCCC[C@@H]2N1C(=O)CCc1cccc2ccccc12. The molecule has 27 heavy (non-hydrogen) atoms. The van der Waals surface area contributed by atoms with Gasteiger partial charge in [-0.1, -0.05) is 55.3 Å². The fourth-order valence-electron chi connectivity index (χ4n) is 5.03. The summed E-state index contributed by atoms with van der Waals surface area (Å²) in [6.07, 6.45) is 6.32. The minimum Gasteiger partial charge on any atom is -0.327 e. The summed E-state index contributed by atoms with van der Waals surface area (Å²) in [6.45, 7) is 3.41. The molecule has 140 valence electrons. The van der Waals surface area contributed by atoms with Gasteiger partial charge in [-0.15, -0.1) is 0 Å². The van der Waals surface area contributed by atoms with Gasteiger partial charge in [-0.25, -0.2) is 4.99 Å². The fourth-order valence-corrected chi connectivity index (χ4v) is 5.03. The topological polar surface area (TPSA) is 49.7 Å². The van der Waals surface area contributed by atoms with Gasteiger partial charge in [-0.2, -0.15) is 0 Å². The van der Waals surface area contributed by atoms with Crippen molar-refractivity contribution < 1.29 is 9.59 Å². The Morgan fingerprint density at radius 3 is 2.70 bits per heavy atom. The molecule has 1 saturated carbocycles. The molecule has 0 spiro atoms. The van der Waals surface area contributed by atoms with Gasteiger partial charge in [0, 0.05) is 12.5 Å². The molecule has 0 N–H and O–H groups in total. The summed E-state index contributed by atoms with van der Waals surface area (Å²) in [4.78, 5) is 31.0. The summed E-state index contributed by atoms with van der Waals surface area (Å²) in [5, 5.41) is 2.39. The molecule has 2 aromatic rings. The van der Waals surface area contributed by atoms with E-state index in [1.807, 2.05) is 23.1 Å². The highest BCUT2D eigenvalue weighted by Gasteiger charge is 2.46. The summed E-state index contributed by atoms with van der Waals surface area (Å²) < 4.78 is 0. The van der Waals surface area contributed by atoms with E-state index in [9.17, 15) is 9.59 Å². The Bertz CT molecular complexity index is 870. The lowest BCUT2D eigenvalue weighted by atomic mass is 9.84. The maximum atomic E-state index is 13.2. The average Bonchev–Trinajstić information content (AvgIpc) is 3.11. The van der Waals surface area contributed by atoms with Gasteiger partial charge in [0.1, 0.15) is 6.04 Å². The molecule has 0 radical (unpaired) electrons. The van der Waals surface area contributed by atoms with Crippen molar-refractivity contribution in [3.63, 3.8) is 0 Å². The number of aliphatic imine (C=N–C) groups is 1. The Labute approximate surface area is 160 Å². The van der Waals surface area contributed by atoms with Crippen molar-refractivity contribution >= 4 is 29.3 Å². The van der Waals surface area contributed by atoms with Crippen molar-refractivity contribution in [3.05, 3.63) is 48.0 Å². The van der Waals surface area contributed by atoms with E-state index in [0.717, 1.165) is 25.7 Å². The Balaban J connectivity index is 1.53. The highest BCUT2D eigenvalue weighted by molar-refractivity contribution is 5.91. The number of fused-ring (bicyclic) bond motifs is 2. The molecule has 3 atom stereocenters. The number of hydrogen-bond donors (Lipinski definition) is 0. The quantitative estimate of drug-likeness (QED) is 0.767. The van der Waals surface area contributed by atoms with Gasteiger partial charge in [-0.05, 0) is 54.7 Å². The molecule has 1 aliphatic carbocycles. The van der Waals surface area contributed by atoms with Crippen LogP contribution in [-0.4, -0.2) is 35.5 Å². The molecule has 2 amide bonds. The first-order valence-electron chi connectivity index (χ1n) is 9.97. The molecule has 1 saturated heterocycles. The number of benzene rings is 2. The van der Waals surface area contributed by atoms with E-state index in [1.165, 1.54) is 22.8 Å². The van der Waals surface area contributed by atoms with Crippen LogP contribution in [0.5, 0.6) is 0 Å². The van der Waals surface area contributed by atoms with Crippen molar-refractivity contribution in [3.8, 4) is 0 Å². The first-order chi connectivity index (χ1) is 13.2. The van der Waals surface area contributed by atoms with Gasteiger partial charge >= 0.3 is 0 Å². The van der Waals surface area contributed by atoms with Crippen molar-refractivity contribution in [2.24, 2.45) is 10.9 Å². The Kier molecular flexibility index (Phi) is 5.06. The smallest absolute Gasteiger partial charge is 0.267 e. The van der Waals surface area contributed by atoms with E-state index in [2.05, 4.69) is 36.0 Å². The third-order valence-electron chi connectivity index (χ3n) is 6.31. The fraction of sp³-hybridized carbons (Fsp3) is 0.435. The van der Waals surface area contributed by atoms with Crippen LogP contribution in [0.1, 0.15) is 44.1 Å². The van der Waals surface area contributed by atoms with Crippen molar-refractivity contribution in [1.82, 2.24) is 4.90 Å². The van der Waals surface area contributed by atoms with Crippen LogP contribution in [-0.2, 0) is 16.0 Å². The first-order valence-corrected chi connectivity index (χ1v) is 9.97. The summed E-state index contributed by atoms with van der Waals surface area (Å²) in [5.41, 5.74) is 1.19. The van der Waals surface area contributed by atoms with Crippen LogP contribution in [0.2, 0.25) is 0 Å². The van der Waals surface area contributed by atoms with Crippen LogP contribution >= 0.6 is 0 Å². The molecule has 2 fully saturated rings. The van der Waals surface area contributed by atoms with Gasteiger partial charge in [0.15, 0.2) is 0 Å². The summed E-state index contributed by atoms with van der Waals surface area (Å²) >= 11 is 0. The first kappa shape index (κ1) is 17.9. The predicted octanol–water partition coefficient (Wildman–Crippen LogP) is 4.16. The standard InChI is InChI=1S/C23H26N2O2/c1-24-23(27)21-15-18-8-3-5-12-20(18)25(21)22(26)14-13-17-10-6-9-16-7-2-4-11-19(16)17/h2,4,6-7,9-11,18,20-21H,1,3,5,8,12-15H2/t18-,20-,21-/m0/s1. The van der Waals surface area contributed by atoms with E-state index >= 15 is 0 Å². The van der Waals surface area contributed by atoms with Crippen molar-refractivity contribution in [1.29, 1.82) is 0 Å². The lowest BCUT2D eigenvalue weighted by molar-refractivity contribution is -0.139. The lowest BCUT2D eigenvalue weighted by Crippen LogP contribution is -2.46. The Morgan fingerprint density at radius 2 is 1.85 bits per heavy atom. The Hall–Kier alpha value is -2.49. The molecule has 4 heteroatoms. The number of likely N-dealkylation sites (tertiary alicyclic amines) is 1. The van der Waals surface area contributed by atoms with E-state index < -0.39 is 6.04 Å². The predicted molar refractivity (Wildman–Crippen MR) is 108 cm³/mol. The van der Waals surface area contributed by atoms with Gasteiger partial charge in [-0.3, -0.25) is 9.59 Å². The summed E-state index contributed by atoms with van der Waals surface area (Å²) in [6, 6.07) is 14.3. The third kappa shape index (κ3) is 3.41. The highest BCUT2D eigenvalue weighted by atomic mass is 16.2. The van der Waals surface area contributed by atoms with Gasteiger partial charge < -0.3 is 4.90 Å². The average molecular weight is 362 g/mol. The molecule has 0 aromatic heterocycles. The zero-order chi connectivity index (χ0) is 18.8. The summed E-state index contributed by atoms with van der Waals surface area (Å²) in [5.74, 6) is 0.276. The van der Waals surface area contributed by atoms with Crippen LogP contribution in [0.25, 0.3) is 10.8 Å². The monoisotopic (exact) mass is 362 g/mol. The number of aryl methyl sites for hydroxylation is 1. The number of carbonyl (C=O) groups is 2. The largest absolute Gasteiger partial charge is 0.327 e. The van der Waals surface area contributed by atoms with Gasteiger partial charge in [0.25, 0.3) is 5.91 Å². The Morgan fingerprint density at radius 1 is 1.07 bits per heavy atom. The minimum absolute atomic E-state index is 0.0827. The molecular formula is C23H26N2O2. The third-order valence-corrected chi connectivity index (χ3v) is 6.31. The number of rotatable bonds is 4. The zero-order valence-electron chi connectivity index (χ0n) is 15.6. The van der Waals surface area contributed by atoms with E-state index in [4.69, 9.17) is 0 Å². The van der Waals surface area contributed by atoms with E-state index in [1.54, 1.807) is 0 Å². The van der Waals surface area contributed by atoms with E-state index in [-0.39, 0.29) is 17.9 Å². The molecule has 0 bridgehead atoms. The van der Waals surface area contributed by atoms with Gasteiger partial charge in [0.05, 0.1) is 0 Å². The molecule has 1 aliphatic heterocycles. The number of hydrogen-bond acceptors (Lipinski definition) is 2. The normalized spacial score (nSPS) is 24.6.